The van der Waals surface area contributed by atoms with Crippen LogP contribution in [0.2, 0.25) is 5.02 Å². The number of nitrogens with zero attached hydrogens (tertiary/aromatic N) is 2. The van der Waals surface area contributed by atoms with Gasteiger partial charge in [-0.25, -0.2) is 4.99 Å². The van der Waals surface area contributed by atoms with E-state index in [9.17, 15) is 4.79 Å². The number of rotatable bonds is 3. The van der Waals surface area contributed by atoms with Gasteiger partial charge in [0.25, 0.3) is 5.91 Å². The molecule has 5 nitrogen and oxygen atoms in total. The fourth-order valence-electron chi connectivity index (χ4n) is 3.53. The highest BCUT2D eigenvalue weighted by molar-refractivity contribution is 9.10. The van der Waals surface area contributed by atoms with Gasteiger partial charge in [-0.3, -0.25) is 9.69 Å². The van der Waals surface area contributed by atoms with Crippen molar-refractivity contribution in [3.63, 3.8) is 0 Å². The summed E-state index contributed by atoms with van der Waals surface area (Å²) in [6, 6.07) is 18.7. The summed E-state index contributed by atoms with van der Waals surface area (Å²) in [5, 5.41) is 0.591. The molecule has 0 radical (unpaired) electrons. The summed E-state index contributed by atoms with van der Waals surface area (Å²) in [5.41, 5.74) is 3.47. The van der Waals surface area contributed by atoms with E-state index in [1.165, 1.54) is 0 Å². The Balaban J connectivity index is 1.62. The molecule has 2 aliphatic heterocycles. The van der Waals surface area contributed by atoms with Gasteiger partial charge in [-0.15, -0.1) is 0 Å². The minimum Gasteiger partial charge on any atom is -0.454 e. The van der Waals surface area contributed by atoms with Crippen molar-refractivity contribution in [2.45, 2.75) is 6.92 Å². The van der Waals surface area contributed by atoms with Gasteiger partial charge in [0.05, 0.1) is 5.69 Å². The van der Waals surface area contributed by atoms with Crippen LogP contribution >= 0.6 is 27.5 Å². The first kappa shape index (κ1) is 19.8. The molecule has 0 saturated heterocycles. The molecule has 0 saturated carbocycles. The maximum atomic E-state index is 13.5. The van der Waals surface area contributed by atoms with Gasteiger partial charge in [0.15, 0.2) is 11.5 Å². The van der Waals surface area contributed by atoms with Crippen molar-refractivity contribution in [2.24, 2.45) is 4.99 Å². The molecule has 3 aromatic carbocycles. The zero-order valence-electron chi connectivity index (χ0n) is 16.4. The molecule has 2 aliphatic rings. The minimum atomic E-state index is -0.221. The highest BCUT2D eigenvalue weighted by Crippen LogP contribution is 2.35. The Bertz CT molecular complexity index is 1270. The average molecular weight is 496 g/mol. The molecular formula is C24H16BrClN2O3. The highest BCUT2D eigenvalue weighted by atomic mass is 79.9. The van der Waals surface area contributed by atoms with Crippen LogP contribution in [0.4, 0.5) is 5.69 Å². The molecule has 7 heteroatoms. The summed E-state index contributed by atoms with van der Waals surface area (Å²) in [7, 11) is 0. The Morgan fingerprint density at radius 2 is 1.84 bits per heavy atom. The predicted octanol–water partition coefficient (Wildman–Crippen LogP) is 5.97. The van der Waals surface area contributed by atoms with Gasteiger partial charge < -0.3 is 9.47 Å². The summed E-state index contributed by atoms with van der Waals surface area (Å²) in [4.78, 5) is 19.8. The Kier molecular flexibility index (Phi) is 5.04. The second-order valence-corrected chi connectivity index (χ2v) is 8.43. The lowest BCUT2D eigenvalue weighted by atomic mass is 10.1. The molecule has 1 amide bonds. The maximum absolute atomic E-state index is 13.5. The molecular weight excluding hydrogens is 480 g/mol. The quantitative estimate of drug-likeness (QED) is 0.420. The summed E-state index contributed by atoms with van der Waals surface area (Å²) in [5.74, 6) is 1.67. The van der Waals surface area contributed by atoms with E-state index in [1.807, 2.05) is 61.5 Å². The van der Waals surface area contributed by atoms with Crippen LogP contribution in [0.25, 0.3) is 6.08 Å². The lowest BCUT2D eigenvalue weighted by molar-refractivity contribution is -0.113. The Hall–Kier alpha value is -3.09. The van der Waals surface area contributed by atoms with Crippen LogP contribution in [0.1, 0.15) is 16.7 Å². The van der Waals surface area contributed by atoms with E-state index in [0.29, 0.717) is 33.7 Å². The van der Waals surface area contributed by atoms with Crippen LogP contribution < -0.4 is 14.4 Å². The number of hydrogen-bond donors (Lipinski definition) is 0. The normalized spacial score (nSPS) is 16.2. The molecule has 154 valence electrons. The van der Waals surface area contributed by atoms with Crippen molar-refractivity contribution < 1.29 is 14.3 Å². The summed E-state index contributed by atoms with van der Waals surface area (Å²) in [6.07, 6.45) is 1.75. The first-order chi connectivity index (χ1) is 15.0. The van der Waals surface area contributed by atoms with Crippen LogP contribution in [0.5, 0.6) is 11.5 Å². The van der Waals surface area contributed by atoms with Crippen LogP contribution in [0, 0.1) is 6.92 Å². The lowest BCUT2D eigenvalue weighted by Crippen LogP contribution is -2.33. The highest BCUT2D eigenvalue weighted by Gasteiger charge is 2.33. The number of ether oxygens (including phenoxy) is 2. The van der Waals surface area contributed by atoms with E-state index in [2.05, 4.69) is 15.9 Å². The number of halogens is 2. The zero-order valence-corrected chi connectivity index (χ0v) is 18.8. The smallest absolute Gasteiger partial charge is 0.282 e. The fourth-order valence-corrected chi connectivity index (χ4v) is 3.97. The molecule has 5 rings (SSSR count). The number of carbonyl (C=O) groups is 1. The molecule has 3 aromatic rings. The number of anilines is 1. The van der Waals surface area contributed by atoms with Gasteiger partial charge in [0, 0.05) is 15.1 Å². The molecule has 0 aromatic heterocycles. The molecule has 31 heavy (non-hydrogen) atoms. The third-order valence-corrected chi connectivity index (χ3v) is 6.08. The molecule has 0 bridgehead atoms. The van der Waals surface area contributed by atoms with Crippen LogP contribution in [-0.4, -0.2) is 18.5 Å². The van der Waals surface area contributed by atoms with E-state index >= 15 is 0 Å². The predicted molar refractivity (Wildman–Crippen MR) is 125 cm³/mol. The van der Waals surface area contributed by atoms with Crippen LogP contribution in [-0.2, 0) is 4.79 Å². The standard InChI is InChI=1S/C24H16BrClN2O3/c1-14-18(26)3-2-4-20(14)28-23(16-6-8-17(25)9-7-16)27-19(24(28)29)11-15-5-10-21-22(12-15)31-13-30-21/h2-12H,13H2,1H3. The second-order valence-electron chi connectivity index (χ2n) is 7.11. The molecule has 0 aliphatic carbocycles. The number of benzene rings is 3. The average Bonchev–Trinajstić information content (AvgIpc) is 3.35. The lowest BCUT2D eigenvalue weighted by Gasteiger charge is -2.21. The van der Waals surface area contributed by atoms with Crippen molar-refractivity contribution in [2.75, 3.05) is 11.7 Å². The van der Waals surface area contributed by atoms with E-state index in [1.54, 1.807) is 17.0 Å². The monoisotopic (exact) mass is 494 g/mol. The van der Waals surface area contributed by atoms with Gasteiger partial charge in [0.1, 0.15) is 11.5 Å². The molecule has 0 spiro atoms. The third-order valence-electron chi connectivity index (χ3n) is 5.14. The summed E-state index contributed by atoms with van der Waals surface area (Å²) < 4.78 is 11.8. The first-order valence-electron chi connectivity index (χ1n) is 9.57. The number of carbonyl (C=O) groups excluding carboxylic acids is 1. The van der Waals surface area contributed by atoms with Gasteiger partial charge >= 0.3 is 0 Å². The number of amidine groups is 1. The zero-order chi connectivity index (χ0) is 21.5. The van der Waals surface area contributed by atoms with Gasteiger partial charge in [-0.1, -0.05) is 51.8 Å². The van der Waals surface area contributed by atoms with Crippen molar-refractivity contribution in [3.8, 4) is 11.5 Å². The van der Waals surface area contributed by atoms with Crippen molar-refractivity contribution in [3.05, 3.63) is 92.5 Å². The number of aliphatic imine (C=N–C) groups is 1. The topological polar surface area (TPSA) is 51.1 Å². The molecule has 0 N–H and O–H groups in total. The van der Waals surface area contributed by atoms with Crippen LogP contribution in [0.3, 0.4) is 0 Å². The van der Waals surface area contributed by atoms with Crippen molar-refractivity contribution >= 4 is 51.0 Å². The van der Waals surface area contributed by atoms with E-state index in [0.717, 1.165) is 21.2 Å². The number of hydrogen-bond acceptors (Lipinski definition) is 4. The summed E-state index contributed by atoms with van der Waals surface area (Å²) >= 11 is 9.81. The Morgan fingerprint density at radius 1 is 1.06 bits per heavy atom. The third kappa shape index (κ3) is 3.62. The van der Waals surface area contributed by atoms with E-state index < -0.39 is 0 Å². The SMILES string of the molecule is Cc1c(Cl)cccc1N1C(=O)C(=Cc2ccc3c(c2)OCO3)N=C1c1ccc(Br)cc1. The second kappa shape index (κ2) is 7.87. The molecule has 0 unspecified atom stereocenters. The number of fused-ring (bicyclic) bond motifs is 1. The Labute approximate surface area is 192 Å². The van der Waals surface area contributed by atoms with Gasteiger partial charge in [-0.2, -0.15) is 0 Å². The molecule has 2 heterocycles. The first-order valence-corrected chi connectivity index (χ1v) is 10.7. The van der Waals surface area contributed by atoms with Crippen molar-refractivity contribution in [1.29, 1.82) is 0 Å². The minimum absolute atomic E-state index is 0.196. The molecule has 0 atom stereocenters. The van der Waals surface area contributed by atoms with E-state index in [-0.39, 0.29) is 12.7 Å². The van der Waals surface area contributed by atoms with Gasteiger partial charge in [-0.05, 0) is 60.5 Å². The van der Waals surface area contributed by atoms with Gasteiger partial charge in [0.2, 0.25) is 6.79 Å². The maximum Gasteiger partial charge on any atom is 0.282 e. The summed E-state index contributed by atoms with van der Waals surface area (Å²) in [6.45, 7) is 2.09. The van der Waals surface area contributed by atoms with Crippen molar-refractivity contribution in [1.82, 2.24) is 0 Å². The van der Waals surface area contributed by atoms with Crippen LogP contribution in [0.15, 0.2) is 75.8 Å². The largest absolute Gasteiger partial charge is 0.454 e. The Morgan fingerprint density at radius 3 is 2.65 bits per heavy atom. The van der Waals surface area contributed by atoms with E-state index in [4.69, 9.17) is 26.1 Å². The fraction of sp³-hybridized carbons (Fsp3) is 0.0833. The molecule has 0 fully saturated rings. The number of amides is 1.